The van der Waals surface area contributed by atoms with Crippen LogP contribution in [0, 0.1) is 6.92 Å². The maximum Gasteiger partial charge on any atom is 0.420 e. The van der Waals surface area contributed by atoms with Crippen molar-refractivity contribution in [3.8, 4) is 5.75 Å². The van der Waals surface area contributed by atoms with Gasteiger partial charge in [-0.15, -0.1) is 0 Å². The maximum atomic E-state index is 12.6. The monoisotopic (exact) mass is 219 g/mol. The smallest absolute Gasteiger partial charge is 0.420 e. The summed E-state index contributed by atoms with van der Waals surface area (Å²) in [6.07, 6.45) is -4.40. The third-order valence-electron chi connectivity index (χ3n) is 2.10. The summed E-state index contributed by atoms with van der Waals surface area (Å²) in [6.45, 7) is 1.58. The fourth-order valence-electron chi connectivity index (χ4n) is 1.47. The zero-order valence-electron chi connectivity index (χ0n) is 8.48. The van der Waals surface area contributed by atoms with Crippen LogP contribution in [0.4, 0.5) is 13.2 Å². The molecule has 0 spiro atoms. The quantitative estimate of drug-likeness (QED) is 0.829. The fraction of sp³-hybridized carbons (Fsp3) is 0.400. The number of hydrogen-bond acceptors (Lipinski definition) is 2. The standard InChI is InChI=1S/C10H12F3NO/c1-6-3-7(5-14)4-8(15-2)9(6)10(11,12)13/h3-4H,5,14H2,1-2H3. The average molecular weight is 219 g/mol. The number of rotatable bonds is 2. The Bertz CT molecular complexity index is 360. The molecule has 0 bridgehead atoms. The van der Waals surface area contributed by atoms with Crippen molar-refractivity contribution in [3.05, 3.63) is 28.8 Å². The highest BCUT2D eigenvalue weighted by molar-refractivity contribution is 5.45. The summed E-state index contributed by atoms with van der Waals surface area (Å²) in [7, 11) is 1.21. The first-order chi connectivity index (χ1) is 6.90. The lowest BCUT2D eigenvalue weighted by Crippen LogP contribution is -2.11. The van der Waals surface area contributed by atoms with Crippen molar-refractivity contribution in [3.63, 3.8) is 0 Å². The molecule has 1 aromatic rings. The molecule has 0 aliphatic heterocycles. The summed E-state index contributed by atoms with van der Waals surface area (Å²) in [5.41, 5.74) is 5.38. The minimum Gasteiger partial charge on any atom is -0.496 e. The van der Waals surface area contributed by atoms with E-state index in [-0.39, 0.29) is 17.9 Å². The summed E-state index contributed by atoms with van der Waals surface area (Å²) in [5, 5.41) is 0. The van der Waals surface area contributed by atoms with E-state index in [4.69, 9.17) is 10.5 Å². The number of alkyl halides is 3. The molecule has 0 atom stereocenters. The molecule has 15 heavy (non-hydrogen) atoms. The largest absolute Gasteiger partial charge is 0.496 e. The number of nitrogens with two attached hydrogens (primary N) is 1. The van der Waals surface area contributed by atoms with Gasteiger partial charge in [0.15, 0.2) is 0 Å². The zero-order valence-corrected chi connectivity index (χ0v) is 8.48. The Morgan fingerprint density at radius 1 is 1.33 bits per heavy atom. The summed E-state index contributed by atoms with van der Waals surface area (Å²) < 4.78 is 42.6. The third-order valence-corrected chi connectivity index (χ3v) is 2.10. The Labute approximate surface area is 85.8 Å². The summed E-state index contributed by atoms with van der Waals surface area (Å²) in [5.74, 6) is -0.178. The van der Waals surface area contributed by atoms with Crippen molar-refractivity contribution in [1.82, 2.24) is 0 Å². The van der Waals surface area contributed by atoms with E-state index in [2.05, 4.69) is 0 Å². The lowest BCUT2D eigenvalue weighted by atomic mass is 10.0. The molecular weight excluding hydrogens is 207 g/mol. The fourth-order valence-corrected chi connectivity index (χ4v) is 1.47. The van der Waals surface area contributed by atoms with Gasteiger partial charge in [-0.2, -0.15) is 13.2 Å². The van der Waals surface area contributed by atoms with Gasteiger partial charge < -0.3 is 10.5 Å². The van der Waals surface area contributed by atoms with Gasteiger partial charge in [-0.05, 0) is 24.1 Å². The van der Waals surface area contributed by atoms with Gasteiger partial charge in [0.25, 0.3) is 0 Å². The van der Waals surface area contributed by atoms with E-state index < -0.39 is 11.7 Å². The van der Waals surface area contributed by atoms with E-state index in [9.17, 15) is 13.2 Å². The molecule has 84 valence electrons. The van der Waals surface area contributed by atoms with Crippen molar-refractivity contribution < 1.29 is 17.9 Å². The van der Waals surface area contributed by atoms with Crippen molar-refractivity contribution in [2.75, 3.05) is 7.11 Å². The predicted molar refractivity (Wildman–Crippen MR) is 50.6 cm³/mol. The second-order valence-electron chi connectivity index (χ2n) is 3.19. The maximum absolute atomic E-state index is 12.6. The highest BCUT2D eigenvalue weighted by Crippen LogP contribution is 2.39. The Hall–Kier alpha value is -1.23. The van der Waals surface area contributed by atoms with Crippen molar-refractivity contribution in [1.29, 1.82) is 0 Å². The molecule has 0 unspecified atom stereocenters. The van der Waals surface area contributed by atoms with Gasteiger partial charge in [-0.3, -0.25) is 0 Å². The Morgan fingerprint density at radius 3 is 2.33 bits per heavy atom. The van der Waals surface area contributed by atoms with Crippen LogP contribution in [0.5, 0.6) is 5.75 Å². The number of aryl methyl sites for hydroxylation is 1. The molecule has 0 heterocycles. The highest BCUT2D eigenvalue weighted by Gasteiger charge is 2.36. The van der Waals surface area contributed by atoms with Gasteiger partial charge in [0, 0.05) is 6.54 Å². The van der Waals surface area contributed by atoms with Crippen LogP contribution in [0.2, 0.25) is 0 Å². The minimum atomic E-state index is -4.40. The van der Waals surface area contributed by atoms with Crippen LogP contribution in [0.25, 0.3) is 0 Å². The number of benzene rings is 1. The van der Waals surface area contributed by atoms with Crippen LogP contribution in [-0.4, -0.2) is 7.11 Å². The van der Waals surface area contributed by atoms with E-state index in [1.165, 1.54) is 26.2 Å². The van der Waals surface area contributed by atoms with Crippen molar-refractivity contribution in [2.45, 2.75) is 19.6 Å². The second kappa shape index (κ2) is 4.10. The van der Waals surface area contributed by atoms with Crippen LogP contribution in [-0.2, 0) is 12.7 Å². The molecule has 0 aromatic heterocycles. The van der Waals surface area contributed by atoms with Gasteiger partial charge in [-0.25, -0.2) is 0 Å². The van der Waals surface area contributed by atoms with E-state index in [1.54, 1.807) is 0 Å². The normalized spacial score (nSPS) is 11.6. The van der Waals surface area contributed by atoms with Gasteiger partial charge in [0.1, 0.15) is 11.3 Å². The molecule has 0 fully saturated rings. The number of halogens is 3. The molecule has 2 nitrogen and oxygen atoms in total. The predicted octanol–water partition coefficient (Wildman–Crippen LogP) is 2.48. The first-order valence-corrected chi connectivity index (χ1v) is 4.35. The van der Waals surface area contributed by atoms with Crippen molar-refractivity contribution in [2.24, 2.45) is 5.73 Å². The molecule has 0 aliphatic rings. The molecule has 0 aliphatic carbocycles. The molecule has 5 heteroatoms. The molecule has 1 rings (SSSR count). The van der Waals surface area contributed by atoms with Crippen LogP contribution in [0.1, 0.15) is 16.7 Å². The van der Waals surface area contributed by atoms with Crippen LogP contribution in [0.3, 0.4) is 0 Å². The highest BCUT2D eigenvalue weighted by atomic mass is 19.4. The van der Waals surface area contributed by atoms with Gasteiger partial charge in [-0.1, -0.05) is 6.07 Å². The molecule has 1 aromatic carbocycles. The molecule has 0 saturated carbocycles. The number of methoxy groups -OCH3 is 1. The van der Waals surface area contributed by atoms with E-state index >= 15 is 0 Å². The van der Waals surface area contributed by atoms with Crippen molar-refractivity contribution >= 4 is 0 Å². The number of hydrogen-bond donors (Lipinski definition) is 1. The third kappa shape index (κ3) is 2.41. The lowest BCUT2D eigenvalue weighted by molar-refractivity contribution is -0.139. The minimum absolute atomic E-state index is 0.127. The lowest BCUT2D eigenvalue weighted by Gasteiger charge is -2.15. The molecular formula is C10H12F3NO. The topological polar surface area (TPSA) is 35.2 Å². The molecule has 0 radical (unpaired) electrons. The van der Waals surface area contributed by atoms with Gasteiger partial charge in [0.2, 0.25) is 0 Å². The Balaban J connectivity index is 3.38. The first kappa shape index (κ1) is 11.8. The number of ether oxygens (including phenoxy) is 1. The summed E-state index contributed by atoms with van der Waals surface area (Å²) >= 11 is 0. The summed E-state index contributed by atoms with van der Waals surface area (Å²) in [6, 6.07) is 2.74. The van der Waals surface area contributed by atoms with Gasteiger partial charge >= 0.3 is 6.18 Å². The SMILES string of the molecule is COc1cc(CN)cc(C)c1C(F)(F)F. The second-order valence-corrected chi connectivity index (χ2v) is 3.19. The van der Waals surface area contributed by atoms with E-state index in [0.29, 0.717) is 5.56 Å². The Morgan fingerprint density at radius 2 is 1.93 bits per heavy atom. The molecule has 2 N–H and O–H groups in total. The zero-order chi connectivity index (χ0) is 11.6. The first-order valence-electron chi connectivity index (χ1n) is 4.35. The summed E-state index contributed by atoms with van der Waals surface area (Å²) in [4.78, 5) is 0. The van der Waals surface area contributed by atoms with Crippen LogP contribution in [0.15, 0.2) is 12.1 Å². The van der Waals surface area contributed by atoms with Crippen LogP contribution >= 0.6 is 0 Å². The van der Waals surface area contributed by atoms with E-state index in [1.807, 2.05) is 0 Å². The molecule has 0 saturated heterocycles. The van der Waals surface area contributed by atoms with Gasteiger partial charge in [0.05, 0.1) is 7.11 Å². The van der Waals surface area contributed by atoms with Crippen LogP contribution < -0.4 is 10.5 Å². The van der Waals surface area contributed by atoms with E-state index in [0.717, 1.165) is 0 Å². The average Bonchev–Trinajstić information content (AvgIpc) is 2.14. The molecule has 0 amide bonds. The Kier molecular flexibility index (Phi) is 3.24.